The molecule has 0 radical (unpaired) electrons. The number of fused-ring (bicyclic) bond motifs is 3. The fraction of sp³-hybridized carbons (Fsp3) is 0.150. The van der Waals surface area contributed by atoms with E-state index in [-0.39, 0.29) is 12.3 Å². The van der Waals surface area contributed by atoms with Gasteiger partial charge in [0.2, 0.25) is 6.23 Å². The number of hydrogen-bond donors (Lipinski definition) is 0. The Kier molecular flexibility index (Phi) is 3.64. The Bertz CT molecular complexity index is 937. The zero-order valence-corrected chi connectivity index (χ0v) is 15.7. The second kappa shape index (κ2) is 6.00. The maximum Gasteiger partial charge on any atom is 0.213 e. The Labute approximate surface area is 158 Å². The van der Waals surface area contributed by atoms with Gasteiger partial charge < -0.3 is 4.74 Å². The van der Waals surface area contributed by atoms with Crippen LogP contribution in [0.4, 0.5) is 0 Å². The van der Waals surface area contributed by atoms with Crippen LogP contribution in [0, 0.1) is 0 Å². The van der Waals surface area contributed by atoms with Crippen molar-refractivity contribution < 1.29 is 4.74 Å². The smallest absolute Gasteiger partial charge is 0.213 e. The highest BCUT2D eigenvalue weighted by Crippen LogP contribution is 2.47. The van der Waals surface area contributed by atoms with Gasteiger partial charge in [-0.15, -0.1) is 11.3 Å². The third-order valence-electron chi connectivity index (χ3n) is 4.66. The van der Waals surface area contributed by atoms with Gasteiger partial charge in [-0.05, 0) is 29.6 Å². The van der Waals surface area contributed by atoms with Crippen molar-refractivity contribution in [3.63, 3.8) is 0 Å². The fourth-order valence-electron chi connectivity index (χ4n) is 3.47. The predicted molar refractivity (Wildman–Crippen MR) is 104 cm³/mol. The molecule has 3 heterocycles. The average molecular weight is 411 g/mol. The average Bonchev–Trinajstić information content (AvgIpc) is 3.31. The molecule has 0 amide bonds. The number of para-hydroxylation sites is 1. The molecule has 5 rings (SSSR count). The van der Waals surface area contributed by atoms with Gasteiger partial charge in [0.1, 0.15) is 5.75 Å². The van der Waals surface area contributed by atoms with Gasteiger partial charge in [0.25, 0.3) is 0 Å². The summed E-state index contributed by atoms with van der Waals surface area (Å²) in [6.07, 6.45) is 0.707. The Balaban J connectivity index is 1.60. The van der Waals surface area contributed by atoms with Crippen LogP contribution in [0.2, 0.25) is 0 Å². The topological polar surface area (TPSA) is 24.8 Å². The Morgan fingerprint density at radius 1 is 1.04 bits per heavy atom. The van der Waals surface area contributed by atoms with Gasteiger partial charge in [-0.1, -0.05) is 52.3 Å². The lowest BCUT2D eigenvalue weighted by molar-refractivity contribution is -0.0190. The van der Waals surface area contributed by atoms with Crippen LogP contribution >= 0.6 is 27.3 Å². The van der Waals surface area contributed by atoms with Gasteiger partial charge in [-0.25, -0.2) is 5.01 Å². The van der Waals surface area contributed by atoms with E-state index in [0.717, 1.165) is 27.9 Å². The molecule has 2 atom stereocenters. The van der Waals surface area contributed by atoms with E-state index in [1.54, 1.807) is 11.3 Å². The number of nitrogens with zero attached hydrogens (tertiary/aromatic N) is 2. The molecule has 124 valence electrons. The highest BCUT2D eigenvalue weighted by molar-refractivity contribution is 9.10. The van der Waals surface area contributed by atoms with Crippen molar-refractivity contribution >= 4 is 33.0 Å². The van der Waals surface area contributed by atoms with Crippen molar-refractivity contribution in [1.82, 2.24) is 5.01 Å². The molecule has 2 aliphatic rings. The zero-order chi connectivity index (χ0) is 16.8. The number of hydrazone groups is 1. The monoisotopic (exact) mass is 410 g/mol. The Morgan fingerprint density at radius 3 is 2.68 bits per heavy atom. The molecule has 3 nitrogen and oxygen atoms in total. The maximum absolute atomic E-state index is 6.34. The molecular weight excluding hydrogens is 396 g/mol. The summed E-state index contributed by atoms with van der Waals surface area (Å²) in [5.41, 5.74) is 3.47. The summed E-state index contributed by atoms with van der Waals surface area (Å²) < 4.78 is 7.41. The van der Waals surface area contributed by atoms with E-state index >= 15 is 0 Å². The maximum atomic E-state index is 6.34. The highest BCUT2D eigenvalue weighted by atomic mass is 79.9. The lowest BCUT2D eigenvalue weighted by atomic mass is 9.98. The standard InChI is InChI=1S/C20H15BrN2OS/c21-14-9-7-13(8-10-14)20-23-17(15-4-1-2-5-18(15)24-20)12-16(22-23)19-6-3-11-25-19/h1-11,17,20H,12H2/t17-,20+/m1/s1. The third kappa shape index (κ3) is 2.58. The molecule has 0 saturated heterocycles. The second-order valence-corrected chi connectivity index (χ2v) is 8.05. The van der Waals surface area contributed by atoms with E-state index in [9.17, 15) is 0 Å². The quantitative estimate of drug-likeness (QED) is 0.536. The van der Waals surface area contributed by atoms with Crippen molar-refractivity contribution in [1.29, 1.82) is 0 Å². The van der Waals surface area contributed by atoms with Crippen LogP contribution in [0.5, 0.6) is 5.75 Å². The van der Waals surface area contributed by atoms with Gasteiger partial charge in [-0.3, -0.25) is 0 Å². The van der Waals surface area contributed by atoms with Crippen LogP contribution in [-0.4, -0.2) is 10.7 Å². The van der Waals surface area contributed by atoms with Crippen LogP contribution in [0.15, 0.2) is 75.6 Å². The van der Waals surface area contributed by atoms with Gasteiger partial charge in [0, 0.05) is 22.0 Å². The number of benzene rings is 2. The van der Waals surface area contributed by atoms with Crippen LogP contribution in [0.25, 0.3) is 0 Å². The van der Waals surface area contributed by atoms with E-state index in [4.69, 9.17) is 9.84 Å². The van der Waals surface area contributed by atoms with Crippen molar-refractivity contribution in [2.75, 3.05) is 0 Å². The number of thiophene rings is 1. The van der Waals surface area contributed by atoms with Gasteiger partial charge >= 0.3 is 0 Å². The van der Waals surface area contributed by atoms with Crippen molar-refractivity contribution in [2.45, 2.75) is 18.7 Å². The van der Waals surface area contributed by atoms with E-state index in [1.807, 2.05) is 18.2 Å². The van der Waals surface area contributed by atoms with E-state index in [1.165, 1.54) is 10.4 Å². The summed E-state index contributed by atoms with van der Waals surface area (Å²) in [6.45, 7) is 0. The van der Waals surface area contributed by atoms with E-state index < -0.39 is 0 Å². The summed E-state index contributed by atoms with van der Waals surface area (Å²) in [5, 5.41) is 9.18. The first kappa shape index (κ1) is 15.2. The molecule has 3 aromatic rings. The predicted octanol–water partition coefficient (Wildman–Crippen LogP) is 5.75. The molecular formula is C20H15BrN2OS. The van der Waals surface area contributed by atoms with Crippen LogP contribution < -0.4 is 4.74 Å². The zero-order valence-electron chi connectivity index (χ0n) is 13.3. The SMILES string of the molecule is Brc1ccc([C@@H]2Oc3ccccc3[C@H]3CC(c4cccs4)=NN32)cc1. The first-order chi connectivity index (χ1) is 12.3. The largest absolute Gasteiger partial charge is 0.464 e. The summed E-state index contributed by atoms with van der Waals surface area (Å²) >= 11 is 5.25. The third-order valence-corrected chi connectivity index (χ3v) is 6.11. The number of ether oxygens (including phenoxy) is 1. The number of hydrogen-bond acceptors (Lipinski definition) is 4. The number of halogens is 1. The Morgan fingerprint density at radius 2 is 1.88 bits per heavy atom. The summed E-state index contributed by atoms with van der Waals surface area (Å²) in [5.74, 6) is 0.958. The fourth-order valence-corrected chi connectivity index (χ4v) is 4.46. The minimum Gasteiger partial charge on any atom is -0.464 e. The number of rotatable bonds is 2. The van der Waals surface area contributed by atoms with E-state index in [0.29, 0.717) is 0 Å². The molecule has 2 aliphatic heterocycles. The van der Waals surface area contributed by atoms with Crippen molar-refractivity contribution in [3.05, 3.63) is 86.5 Å². The Hall–Kier alpha value is -2.11. The molecule has 2 aromatic carbocycles. The van der Waals surface area contributed by atoms with Crippen LogP contribution in [0.3, 0.4) is 0 Å². The summed E-state index contributed by atoms with van der Waals surface area (Å²) in [4.78, 5) is 1.24. The minimum atomic E-state index is -0.203. The molecule has 0 fully saturated rings. The molecule has 0 bridgehead atoms. The second-order valence-electron chi connectivity index (χ2n) is 6.18. The first-order valence-corrected chi connectivity index (χ1v) is 9.87. The van der Waals surface area contributed by atoms with Gasteiger partial charge in [0.05, 0.1) is 16.6 Å². The molecule has 25 heavy (non-hydrogen) atoms. The normalized spacial score (nSPS) is 21.3. The van der Waals surface area contributed by atoms with Crippen molar-refractivity contribution in [2.24, 2.45) is 5.10 Å². The van der Waals surface area contributed by atoms with Gasteiger partial charge in [0.15, 0.2) is 0 Å². The lowest BCUT2D eigenvalue weighted by Gasteiger charge is -2.38. The summed E-state index contributed by atoms with van der Waals surface area (Å²) in [7, 11) is 0. The molecule has 0 N–H and O–H groups in total. The summed E-state index contributed by atoms with van der Waals surface area (Å²) in [6, 6.07) is 21.0. The molecule has 1 aromatic heterocycles. The van der Waals surface area contributed by atoms with E-state index in [2.05, 4.69) is 68.8 Å². The highest BCUT2D eigenvalue weighted by Gasteiger charge is 2.40. The van der Waals surface area contributed by atoms with Gasteiger partial charge in [-0.2, -0.15) is 5.10 Å². The lowest BCUT2D eigenvalue weighted by Crippen LogP contribution is -2.33. The molecule has 0 spiro atoms. The van der Waals surface area contributed by atoms with Crippen LogP contribution in [-0.2, 0) is 0 Å². The van der Waals surface area contributed by atoms with Crippen molar-refractivity contribution in [3.8, 4) is 5.75 Å². The molecule has 0 aliphatic carbocycles. The molecule has 0 unspecified atom stereocenters. The minimum absolute atomic E-state index is 0.203. The molecule has 0 saturated carbocycles. The van der Waals surface area contributed by atoms with Crippen LogP contribution in [0.1, 0.15) is 34.7 Å². The molecule has 5 heteroatoms. The first-order valence-electron chi connectivity index (χ1n) is 8.20.